The summed E-state index contributed by atoms with van der Waals surface area (Å²) >= 11 is 7.39. The van der Waals surface area contributed by atoms with Crippen molar-refractivity contribution in [1.82, 2.24) is 4.90 Å². The van der Waals surface area contributed by atoms with Gasteiger partial charge in [-0.1, -0.05) is 36.2 Å². The van der Waals surface area contributed by atoms with Crippen molar-refractivity contribution in [2.75, 3.05) is 24.5 Å². The monoisotopic (exact) mass is 414 g/mol. The summed E-state index contributed by atoms with van der Waals surface area (Å²) in [6, 6.07) is 7.86. The van der Waals surface area contributed by atoms with Crippen molar-refractivity contribution >= 4 is 37.5 Å². The van der Waals surface area contributed by atoms with Crippen LogP contribution in [0.5, 0.6) is 0 Å². The molecule has 2 aliphatic heterocycles. The molecule has 2 atom stereocenters. The van der Waals surface area contributed by atoms with Crippen molar-refractivity contribution in [3.8, 4) is 0 Å². The van der Waals surface area contributed by atoms with Crippen molar-refractivity contribution in [2.24, 2.45) is 5.92 Å². The van der Waals surface area contributed by atoms with Crippen LogP contribution in [-0.4, -0.2) is 36.6 Å². The summed E-state index contributed by atoms with van der Waals surface area (Å²) in [6.07, 6.45) is 4.12. The number of hydrogen-bond acceptors (Lipinski definition) is 2. The summed E-state index contributed by atoms with van der Waals surface area (Å²) in [5, 5.41) is 0. The largest absolute Gasteiger partial charge is 0.364 e. The molecule has 0 aliphatic carbocycles. The second kappa shape index (κ2) is 6.59. The third-order valence-corrected chi connectivity index (χ3v) is 6.13. The van der Waals surface area contributed by atoms with Crippen LogP contribution < -0.4 is 4.90 Å². The van der Waals surface area contributed by atoms with Gasteiger partial charge in [-0.2, -0.15) is 0 Å². The lowest BCUT2D eigenvalue weighted by Crippen LogP contribution is -2.61. The van der Waals surface area contributed by atoms with Crippen molar-refractivity contribution in [3.63, 3.8) is 0 Å². The Labute approximate surface area is 145 Å². The fourth-order valence-corrected chi connectivity index (χ4v) is 4.59. The van der Waals surface area contributed by atoms with Crippen molar-refractivity contribution < 1.29 is 0 Å². The molecular weight excluding hydrogens is 392 g/mol. The first-order chi connectivity index (χ1) is 10.1. The van der Waals surface area contributed by atoms with Crippen LogP contribution in [0.2, 0.25) is 0 Å². The Balaban J connectivity index is 1.91. The fraction of sp³-hybridized carbons (Fsp3) is 0.647. The summed E-state index contributed by atoms with van der Waals surface area (Å²) in [6.45, 7) is 8.38. The van der Waals surface area contributed by atoms with Crippen LogP contribution in [0.15, 0.2) is 27.1 Å². The highest BCUT2D eigenvalue weighted by Crippen LogP contribution is 2.36. The van der Waals surface area contributed by atoms with E-state index in [0.717, 1.165) is 17.1 Å². The SMILES string of the molecule is CC(C)C1CN2CCCCC2CN1c1cc(Br)ccc1Br. The molecule has 0 aromatic heterocycles. The number of fused-ring (bicyclic) bond motifs is 1. The van der Waals surface area contributed by atoms with Gasteiger partial charge >= 0.3 is 0 Å². The van der Waals surface area contributed by atoms with Crippen molar-refractivity contribution in [2.45, 2.75) is 45.2 Å². The van der Waals surface area contributed by atoms with E-state index < -0.39 is 0 Å². The molecule has 0 bridgehead atoms. The van der Waals surface area contributed by atoms with E-state index in [-0.39, 0.29) is 0 Å². The van der Waals surface area contributed by atoms with Gasteiger partial charge in [-0.3, -0.25) is 4.90 Å². The zero-order valence-electron chi connectivity index (χ0n) is 12.9. The van der Waals surface area contributed by atoms with Crippen LogP contribution in [0.25, 0.3) is 0 Å². The van der Waals surface area contributed by atoms with Crippen LogP contribution in [0.3, 0.4) is 0 Å². The Morgan fingerprint density at radius 2 is 1.95 bits per heavy atom. The van der Waals surface area contributed by atoms with Gasteiger partial charge in [-0.15, -0.1) is 0 Å². The van der Waals surface area contributed by atoms with E-state index in [9.17, 15) is 0 Å². The van der Waals surface area contributed by atoms with E-state index in [4.69, 9.17) is 0 Å². The third-order valence-electron chi connectivity index (χ3n) is 4.97. The second-order valence-corrected chi connectivity index (χ2v) is 8.47. The Morgan fingerprint density at radius 1 is 1.14 bits per heavy atom. The van der Waals surface area contributed by atoms with Gasteiger partial charge in [-0.25, -0.2) is 0 Å². The van der Waals surface area contributed by atoms with Crippen LogP contribution in [0.1, 0.15) is 33.1 Å². The first kappa shape index (κ1) is 15.8. The fourth-order valence-electron chi connectivity index (χ4n) is 3.76. The molecule has 0 amide bonds. The number of benzene rings is 1. The predicted molar refractivity (Wildman–Crippen MR) is 97.0 cm³/mol. The molecule has 2 unspecified atom stereocenters. The minimum Gasteiger partial charge on any atom is -0.364 e. The van der Waals surface area contributed by atoms with Gasteiger partial charge in [0.25, 0.3) is 0 Å². The maximum atomic E-state index is 3.75. The van der Waals surface area contributed by atoms with E-state index in [1.807, 2.05) is 0 Å². The van der Waals surface area contributed by atoms with Crippen LogP contribution in [0.4, 0.5) is 5.69 Å². The van der Waals surface area contributed by atoms with E-state index >= 15 is 0 Å². The van der Waals surface area contributed by atoms with E-state index in [1.54, 1.807) is 0 Å². The van der Waals surface area contributed by atoms with Gasteiger partial charge in [0.15, 0.2) is 0 Å². The molecule has 2 fully saturated rings. The molecule has 3 rings (SSSR count). The number of hydrogen-bond donors (Lipinski definition) is 0. The highest BCUT2D eigenvalue weighted by Gasteiger charge is 2.36. The smallest absolute Gasteiger partial charge is 0.0525 e. The van der Waals surface area contributed by atoms with Crippen molar-refractivity contribution in [1.29, 1.82) is 0 Å². The van der Waals surface area contributed by atoms with Gasteiger partial charge in [0.1, 0.15) is 0 Å². The Kier molecular flexibility index (Phi) is 4.97. The summed E-state index contributed by atoms with van der Waals surface area (Å²) < 4.78 is 2.37. The quantitative estimate of drug-likeness (QED) is 0.676. The van der Waals surface area contributed by atoms with Gasteiger partial charge in [0, 0.05) is 34.1 Å². The highest BCUT2D eigenvalue weighted by atomic mass is 79.9. The summed E-state index contributed by atoms with van der Waals surface area (Å²) in [4.78, 5) is 5.38. The first-order valence-electron chi connectivity index (χ1n) is 8.02. The molecule has 2 saturated heterocycles. The van der Waals surface area contributed by atoms with Gasteiger partial charge < -0.3 is 4.90 Å². The maximum absolute atomic E-state index is 3.75. The average molecular weight is 416 g/mol. The normalized spacial score (nSPS) is 27.0. The highest BCUT2D eigenvalue weighted by molar-refractivity contribution is 9.11. The van der Waals surface area contributed by atoms with Crippen LogP contribution in [-0.2, 0) is 0 Å². The standard InChI is InChI=1S/C17H24Br2N2/c1-12(2)17-11-20-8-4-3-5-14(20)10-21(17)16-9-13(18)6-7-15(16)19/h6-7,9,12,14,17H,3-5,8,10-11H2,1-2H3. The molecule has 2 heterocycles. The molecular formula is C17H24Br2N2. The summed E-state index contributed by atoms with van der Waals surface area (Å²) in [7, 11) is 0. The topological polar surface area (TPSA) is 6.48 Å². The third kappa shape index (κ3) is 3.32. The number of anilines is 1. The summed E-state index contributed by atoms with van der Waals surface area (Å²) in [5.74, 6) is 0.666. The summed E-state index contributed by atoms with van der Waals surface area (Å²) in [5.41, 5.74) is 1.34. The molecule has 0 spiro atoms. The zero-order valence-corrected chi connectivity index (χ0v) is 16.0. The van der Waals surface area contributed by atoms with E-state index in [0.29, 0.717) is 12.0 Å². The second-order valence-electron chi connectivity index (χ2n) is 6.70. The average Bonchev–Trinajstić information content (AvgIpc) is 2.48. The molecule has 116 valence electrons. The molecule has 1 aromatic carbocycles. The minimum atomic E-state index is 0.602. The number of piperazine rings is 1. The predicted octanol–water partition coefficient (Wildman–Crippen LogP) is 4.91. The Bertz CT molecular complexity index is 504. The van der Waals surface area contributed by atoms with Gasteiger partial charge in [-0.05, 0) is 59.4 Å². The van der Waals surface area contributed by atoms with Gasteiger partial charge in [0.2, 0.25) is 0 Å². The van der Waals surface area contributed by atoms with Crippen molar-refractivity contribution in [3.05, 3.63) is 27.1 Å². The molecule has 21 heavy (non-hydrogen) atoms. The molecule has 0 radical (unpaired) electrons. The molecule has 0 saturated carbocycles. The molecule has 4 heteroatoms. The number of piperidine rings is 1. The number of rotatable bonds is 2. The number of nitrogens with zero attached hydrogens (tertiary/aromatic N) is 2. The minimum absolute atomic E-state index is 0.602. The van der Waals surface area contributed by atoms with E-state index in [1.165, 1.54) is 42.5 Å². The Morgan fingerprint density at radius 3 is 2.71 bits per heavy atom. The zero-order chi connectivity index (χ0) is 15.0. The molecule has 1 aromatic rings. The molecule has 2 nitrogen and oxygen atoms in total. The first-order valence-corrected chi connectivity index (χ1v) is 9.60. The molecule has 0 N–H and O–H groups in total. The lowest BCUT2D eigenvalue weighted by Gasteiger charge is -2.51. The number of halogens is 2. The maximum Gasteiger partial charge on any atom is 0.0525 e. The van der Waals surface area contributed by atoms with Crippen LogP contribution in [0, 0.1) is 5.92 Å². The lowest BCUT2D eigenvalue weighted by molar-refractivity contribution is 0.100. The molecule has 2 aliphatic rings. The van der Waals surface area contributed by atoms with Crippen LogP contribution >= 0.6 is 31.9 Å². The van der Waals surface area contributed by atoms with E-state index in [2.05, 4.69) is 73.7 Å². The van der Waals surface area contributed by atoms with Gasteiger partial charge in [0.05, 0.1) is 5.69 Å². The Hall–Kier alpha value is -0.0600. The lowest BCUT2D eigenvalue weighted by atomic mass is 9.91.